The van der Waals surface area contributed by atoms with Gasteiger partial charge in [0, 0.05) is 13.2 Å². The van der Waals surface area contributed by atoms with Gasteiger partial charge in [-0.1, -0.05) is 0 Å². The van der Waals surface area contributed by atoms with Gasteiger partial charge in [0.2, 0.25) is 21.8 Å². The topological polar surface area (TPSA) is 166 Å². The molecule has 5 N–H and O–H groups in total. The molecule has 0 bridgehead atoms. The van der Waals surface area contributed by atoms with Gasteiger partial charge < -0.3 is 21.1 Å². The number of aryl methyl sites for hydroxylation is 1. The molecule has 0 fully saturated rings. The second-order valence-electron chi connectivity index (χ2n) is 4.18. The van der Waals surface area contributed by atoms with Gasteiger partial charge in [-0.2, -0.15) is 4.31 Å². The number of carboxylic acids is 1. The Hall–Kier alpha value is -2.40. The predicted octanol–water partition coefficient (Wildman–Crippen LogP) is -2.32. The lowest BCUT2D eigenvalue weighted by Gasteiger charge is -2.18. The minimum atomic E-state index is -4.28. The molecule has 21 heavy (non-hydrogen) atoms. The number of primary amides is 2. The van der Waals surface area contributed by atoms with Crippen LogP contribution in [-0.4, -0.2) is 53.3 Å². The number of amides is 2. The summed E-state index contributed by atoms with van der Waals surface area (Å²) in [6.07, 6.45) is 1.05. The fourth-order valence-electron chi connectivity index (χ4n) is 1.61. The number of carbonyl (C=O) groups is 3. The van der Waals surface area contributed by atoms with Crippen LogP contribution in [0, 0.1) is 0 Å². The average Bonchev–Trinajstić information content (AvgIpc) is 2.70. The summed E-state index contributed by atoms with van der Waals surface area (Å²) in [6.45, 7) is -1.49. The first kappa shape index (κ1) is 16.7. The van der Waals surface area contributed by atoms with Crippen LogP contribution in [0.4, 0.5) is 0 Å². The number of aromatic carboxylic acids is 1. The van der Waals surface area contributed by atoms with E-state index in [0.29, 0.717) is 4.31 Å². The molecule has 0 aliphatic heterocycles. The lowest BCUT2D eigenvalue weighted by atomic mass is 10.4. The molecule has 0 aliphatic carbocycles. The number of hydrogen-bond acceptors (Lipinski definition) is 5. The zero-order valence-corrected chi connectivity index (χ0v) is 11.8. The minimum absolute atomic E-state index is 0.272. The lowest BCUT2D eigenvalue weighted by Crippen LogP contribution is -2.43. The Bertz CT molecular complexity index is 676. The Labute approximate surface area is 120 Å². The van der Waals surface area contributed by atoms with Crippen LogP contribution >= 0.6 is 0 Å². The molecule has 1 aromatic rings. The summed E-state index contributed by atoms with van der Waals surface area (Å²) in [6, 6.07) is 0.909. The molecular formula is C10H14N4O6S. The summed E-state index contributed by atoms with van der Waals surface area (Å²) in [5.74, 6) is -3.28. The van der Waals surface area contributed by atoms with Crippen molar-refractivity contribution in [3.63, 3.8) is 0 Å². The molecule has 0 unspecified atom stereocenters. The zero-order valence-electron chi connectivity index (χ0n) is 11.0. The predicted molar refractivity (Wildman–Crippen MR) is 69.5 cm³/mol. The van der Waals surface area contributed by atoms with Crippen molar-refractivity contribution in [2.75, 3.05) is 13.1 Å². The van der Waals surface area contributed by atoms with Crippen molar-refractivity contribution in [1.29, 1.82) is 0 Å². The van der Waals surface area contributed by atoms with Crippen molar-refractivity contribution in [3.8, 4) is 0 Å². The fourth-order valence-corrected chi connectivity index (χ4v) is 3.05. The van der Waals surface area contributed by atoms with E-state index >= 15 is 0 Å². The van der Waals surface area contributed by atoms with Gasteiger partial charge in [-0.15, -0.1) is 0 Å². The summed E-state index contributed by atoms with van der Waals surface area (Å²) in [4.78, 5) is 32.4. The van der Waals surface area contributed by atoms with Crippen LogP contribution in [0.15, 0.2) is 17.2 Å². The van der Waals surface area contributed by atoms with Crippen molar-refractivity contribution in [2.45, 2.75) is 4.90 Å². The van der Waals surface area contributed by atoms with Crippen molar-refractivity contribution < 1.29 is 27.9 Å². The molecular weight excluding hydrogens is 304 g/mol. The highest BCUT2D eigenvalue weighted by molar-refractivity contribution is 7.89. The lowest BCUT2D eigenvalue weighted by molar-refractivity contribution is -0.120. The van der Waals surface area contributed by atoms with Crippen LogP contribution in [0.1, 0.15) is 10.5 Å². The number of hydrogen-bond donors (Lipinski definition) is 3. The van der Waals surface area contributed by atoms with E-state index in [4.69, 9.17) is 16.6 Å². The van der Waals surface area contributed by atoms with E-state index in [1.807, 2.05) is 0 Å². The third kappa shape index (κ3) is 3.79. The zero-order chi connectivity index (χ0) is 16.4. The van der Waals surface area contributed by atoms with Crippen molar-refractivity contribution >= 4 is 27.8 Å². The molecule has 0 aliphatic rings. The van der Waals surface area contributed by atoms with Gasteiger partial charge in [0.25, 0.3) is 0 Å². The average molecular weight is 318 g/mol. The van der Waals surface area contributed by atoms with Gasteiger partial charge in [-0.05, 0) is 6.07 Å². The fraction of sp³-hybridized carbons (Fsp3) is 0.300. The number of rotatable bonds is 7. The standard InChI is InChI=1S/C10H14N4O6S/c1-13-3-6(2-7(13)10(17)18)21(19,20)14(4-8(11)15)5-9(12)16/h2-3H,4-5H2,1H3,(H2,11,15)(H2,12,16)(H,17,18). The molecule has 1 heterocycles. The maximum absolute atomic E-state index is 12.3. The van der Waals surface area contributed by atoms with E-state index in [9.17, 15) is 22.8 Å². The summed E-state index contributed by atoms with van der Waals surface area (Å²) in [7, 11) is -2.94. The SMILES string of the molecule is Cn1cc(S(=O)(=O)N(CC(N)=O)CC(N)=O)cc1C(=O)O. The molecule has 0 atom stereocenters. The molecule has 0 saturated carbocycles. The van der Waals surface area contributed by atoms with Crippen LogP contribution in [0.5, 0.6) is 0 Å². The summed E-state index contributed by atoms with van der Waals surface area (Å²) in [5.41, 5.74) is 9.59. The number of nitrogens with two attached hydrogens (primary N) is 2. The van der Waals surface area contributed by atoms with E-state index in [1.54, 1.807) is 0 Å². The molecule has 0 aromatic carbocycles. The molecule has 1 rings (SSSR count). The maximum Gasteiger partial charge on any atom is 0.352 e. The highest BCUT2D eigenvalue weighted by atomic mass is 32.2. The second-order valence-corrected chi connectivity index (χ2v) is 6.12. The number of carbonyl (C=O) groups excluding carboxylic acids is 2. The number of nitrogens with zero attached hydrogens (tertiary/aromatic N) is 2. The monoisotopic (exact) mass is 318 g/mol. The molecule has 0 saturated heterocycles. The molecule has 1 aromatic heterocycles. The van der Waals surface area contributed by atoms with Gasteiger partial charge in [0.05, 0.1) is 13.1 Å². The van der Waals surface area contributed by atoms with E-state index in [2.05, 4.69) is 0 Å². The molecule has 10 nitrogen and oxygen atoms in total. The highest BCUT2D eigenvalue weighted by Crippen LogP contribution is 2.18. The molecule has 0 spiro atoms. The van der Waals surface area contributed by atoms with Gasteiger partial charge in [0.1, 0.15) is 10.6 Å². The number of carboxylic acid groups (broad SMARTS) is 1. The first-order chi connectivity index (χ1) is 9.55. The number of sulfonamides is 1. The molecule has 2 amide bonds. The van der Waals surface area contributed by atoms with E-state index < -0.39 is 40.9 Å². The quantitative estimate of drug-likeness (QED) is 0.510. The molecule has 11 heteroatoms. The highest BCUT2D eigenvalue weighted by Gasteiger charge is 2.29. The normalized spacial score (nSPS) is 11.5. The second kappa shape index (κ2) is 5.93. The third-order valence-corrected chi connectivity index (χ3v) is 4.26. The maximum atomic E-state index is 12.3. The van der Waals surface area contributed by atoms with Crippen LogP contribution in [0.3, 0.4) is 0 Å². The Morgan fingerprint density at radius 1 is 1.24 bits per heavy atom. The van der Waals surface area contributed by atoms with Crippen LogP contribution < -0.4 is 11.5 Å². The summed E-state index contributed by atoms with van der Waals surface area (Å²) >= 11 is 0. The molecule has 116 valence electrons. The van der Waals surface area contributed by atoms with Gasteiger partial charge >= 0.3 is 5.97 Å². The van der Waals surface area contributed by atoms with Gasteiger partial charge in [-0.3, -0.25) is 9.59 Å². The van der Waals surface area contributed by atoms with Crippen LogP contribution in [0.25, 0.3) is 0 Å². The Balaban J connectivity index is 3.28. The third-order valence-electron chi connectivity index (χ3n) is 2.50. The first-order valence-electron chi connectivity index (χ1n) is 5.52. The van der Waals surface area contributed by atoms with E-state index in [1.165, 1.54) is 7.05 Å². The van der Waals surface area contributed by atoms with Crippen LogP contribution in [0.2, 0.25) is 0 Å². The Kier molecular flexibility index (Phi) is 4.70. The van der Waals surface area contributed by atoms with Crippen molar-refractivity contribution in [1.82, 2.24) is 8.87 Å². The largest absolute Gasteiger partial charge is 0.477 e. The van der Waals surface area contributed by atoms with E-state index in [0.717, 1.165) is 16.8 Å². The Morgan fingerprint density at radius 3 is 2.05 bits per heavy atom. The number of aromatic nitrogens is 1. The first-order valence-corrected chi connectivity index (χ1v) is 6.96. The minimum Gasteiger partial charge on any atom is -0.477 e. The van der Waals surface area contributed by atoms with Crippen LogP contribution in [-0.2, 0) is 26.7 Å². The summed E-state index contributed by atoms with van der Waals surface area (Å²) < 4.78 is 26.2. The smallest absolute Gasteiger partial charge is 0.352 e. The van der Waals surface area contributed by atoms with Crippen molar-refractivity contribution in [2.24, 2.45) is 18.5 Å². The summed E-state index contributed by atoms with van der Waals surface area (Å²) in [5, 5.41) is 8.90. The molecule has 0 radical (unpaired) electrons. The van der Waals surface area contributed by atoms with Gasteiger partial charge in [-0.25, -0.2) is 13.2 Å². The Morgan fingerprint density at radius 2 is 1.71 bits per heavy atom. The van der Waals surface area contributed by atoms with Gasteiger partial charge in [0.15, 0.2) is 0 Å². The van der Waals surface area contributed by atoms with Crippen molar-refractivity contribution in [3.05, 3.63) is 18.0 Å². The van der Waals surface area contributed by atoms with E-state index in [-0.39, 0.29) is 10.6 Å².